The van der Waals surface area contributed by atoms with Gasteiger partial charge in [-0.2, -0.15) is 5.10 Å². The van der Waals surface area contributed by atoms with Crippen molar-refractivity contribution >= 4 is 11.8 Å². The van der Waals surface area contributed by atoms with Crippen LogP contribution in [0.4, 0.5) is 0 Å². The Morgan fingerprint density at radius 2 is 1.87 bits per heavy atom. The number of ether oxygens (including phenoxy) is 1. The van der Waals surface area contributed by atoms with Gasteiger partial charge in [-0.05, 0) is 30.9 Å². The quantitative estimate of drug-likeness (QED) is 0.704. The summed E-state index contributed by atoms with van der Waals surface area (Å²) in [6, 6.07) is 12.8. The lowest BCUT2D eigenvalue weighted by atomic mass is 10.0. The van der Waals surface area contributed by atoms with Gasteiger partial charge >= 0.3 is 0 Å². The summed E-state index contributed by atoms with van der Waals surface area (Å²) >= 11 is 0. The summed E-state index contributed by atoms with van der Waals surface area (Å²) in [7, 11) is 1.55. The van der Waals surface area contributed by atoms with Crippen molar-refractivity contribution in [1.29, 1.82) is 0 Å². The minimum atomic E-state index is -0.263. The van der Waals surface area contributed by atoms with Crippen LogP contribution in [0.3, 0.4) is 0 Å². The number of aromatic nitrogens is 2. The molecule has 0 bridgehead atoms. The van der Waals surface area contributed by atoms with Crippen LogP contribution in [-0.4, -0.2) is 59.3 Å². The Balaban J connectivity index is 1.47. The summed E-state index contributed by atoms with van der Waals surface area (Å²) in [5, 5.41) is 7.24. The number of hydrogen-bond acceptors (Lipinski definition) is 5. The number of carbonyl (C=O) groups excluding carboxylic acids is 2. The normalized spacial score (nSPS) is 14.5. The Bertz CT molecular complexity index is 905. The number of nitrogens with zero attached hydrogens (tertiary/aromatic N) is 3. The molecule has 0 radical (unpaired) electrons. The smallest absolute Gasteiger partial charge is 0.274 e. The minimum absolute atomic E-state index is 0.0375. The van der Waals surface area contributed by atoms with Crippen molar-refractivity contribution in [1.82, 2.24) is 20.0 Å². The van der Waals surface area contributed by atoms with Crippen LogP contribution >= 0.6 is 0 Å². The third-order valence-electron chi connectivity index (χ3n) is 5.22. The molecule has 2 aromatic rings. The first-order chi connectivity index (χ1) is 14.6. The second kappa shape index (κ2) is 10.7. The predicted octanol–water partition coefficient (Wildman–Crippen LogP) is 1.24. The van der Waals surface area contributed by atoms with Gasteiger partial charge in [0.25, 0.3) is 11.5 Å². The molecule has 1 aromatic heterocycles. The molecule has 3 rings (SSSR count). The van der Waals surface area contributed by atoms with Gasteiger partial charge in [0.2, 0.25) is 5.91 Å². The highest BCUT2D eigenvalue weighted by molar-refractivity contribution is 5.92. The van der Waals surface area contributed by atoms with Gasteiger partial charge in [-0.15, -0.1) is 0 Å². The fourth-order valence-corrected chi connectivity index (χ4v) is 3.49. The number of likely N-dealkylation sites (tertiary alicyclic amines) is 1. The second-order valence-electron chi connectivity index (χ2n) is 7.39. The van der Waals surface area contributed by atoms with E-state index in [1.165, 1.54) is 16.8 Å². The molecule has 2 amide bonds. The molecule has 30 heavy (non-hydrogen) atoms. The number of carbonyl (C=O) groups is 2. The van der Waals surface area contributed by atoms with E-state index in [2.05, 4.69) is 10.4 Å². The number of benzene rings is 1. The molecule has 1 aliphatic rings. The predicted molar refractivity (Wildman–Crippen MR) is 112 cm³/mol. The lowest BCUT2D eigenvalue weighted by Crippen LogP contribution is -2.47. The molecule has 0 unspecified atom stereocenters. The summed E-state index contributed by atoms with van der Waals surface area (Å²) in [5.74, 6) is -0.162. The first-order valence-corrected chi connectivity index (χ1v) is 10.3. The molecule has 8 nitrogen and oxygen atoms in total. The fourth-order valence-electron chi connectivity index (χ4n) is 3.49. The Morgan fingerprint density at radius 3 is 2.57 bits per heavy atom. The third kappa shape index (κ3) is 6.00. The van der Waals surface area contributed by atoms with E-state index in [4.69, 9.17) is 4.74 Å². The molecule has 0 atom stereocenters. The zero-order valence-corrected chi connectivity index (χ0v) is 17.3. The Hall–Kier alpha value is -3.00. The summed E-state index contributed by atoms with van der Waals surface area (Å²) in [5.41, 5.74) is 1.13. The van der Waals surface area contributed by atoms with E-state index in [0.717, 1.165) is 5.56 Å². The summed E-state index contributed by atoms with van der Waals surface area (Å²) in [6.45, 7) is 1.73. The van der Waals surface area contributed by atoms with Crippen LogP contribution in [0.15, 0.2) is 47.3 Å². The van der Waals surface area contributed by atoms with E-state index in [0.29, 0.717) is 51.9 Å². The van der Waals surface area contributed by atoms with Crippen molar-refractivity contribution in [3.63, 3.8) is 0 Å². The second-order valence-corrected chi connectivity index (χ2v) is 7.39. The summed E-state index contributed by atoms with van der Waals surface area (Å²) in [6.07, 6.45) is 2.57. The number of methoxy groups -OCH3 is 1. The van der Waals surface area contributed by atoms with Gasteiger partial charge in [0, 0.05) is 38.7 Å². The lowest BCUT2D eigenvalue weighted by Gasteiger charge is -2.32. The molecule has 160 valence electrons. The zero-order valence-electron chi connectivity index (χ0n) is 17.3. The number of rotatable bonds is 8. The average molecular weight is 412 g/mol. The van der Waals surface area contributed by atoms with Crippen molar-refractivity contribution < 1.29 is 14.3 Å². The van der Waals surface area contributed by atoms with Gasteiger partial charge in [-0.1, -0.05) is 30.3 Å². The largest absolute Gasteiger partial charge is 0.383 e. The van der Waals surface area contributed by atoms with Crippen LogP contribution in [-0.2, 0) is 22.5 Å². The number of aryl methyl sites for hydroxylation is 1. The van der Waals surface area contributed by atoms with Crippen molar-refractivity contribution in [3.8, 4) is 0 Å². The van der Waals surface area contributed by atoms with Crippen LogP contribution in [0.1, 0.15) is 35.3 Å². The lowest BCUT2D eigenvalue weighted by molar-refractivity contribution is -0.122. The minimum Gasteiger partial charge on any atom is -0.383 e. The van der Waals surface area contributed by atoms with Gasteiger partial charge in [-0.3, -0.25) is 14.4 Å². The molecule has 0 aliphatic carbocycles. The first-order valence-electron chi connectivity index (χ1n) is 10.3. The first kappa shape index (κ1) is 21.7. The molecule has 1 aromatic carbocycles. The van der Waals surface area contributed by atoms with Crippen molar-refractivity contribution in [2.75, 3.05) is 26.8 Å². The van der Waals surface area contributed by atoms with Crippen LogP contribution in [0.25, 0.3) is 0 Å². The number of amides is 2. The van der Waals surface area contributed by atoms with Crippen molar-refractivity contribution in [2.45, 2.75) is 38.3 Å². The summed E-state index contributed by atoms with van der Waals surface area (Å²) < 4.78 is 6.22. The standard InChI is InChI=1S/C22H28N4O4/c1-30-16-15-26-21(28)10-8-19(24-26)22(29)25-13-11-18(12-14-25)23-20(27)9-7-17-5-3-2-4-6-17/h2-6,8,10,18H,7,9,11-16H2,1H3,(H,23,27). The maximum atomic E-state index is 12.8. The number of nitrogens with one attached hydrogen (secondary N) is 1. The van der Waals surface area contributed by atoms with E-state index in [1.807, 2.05) is 30.3 Å². The molecule has 1 aliphatic heterocycles. The van der Waals surface area contributed by atoms with E-state index in [1.54, 1.807) is 12.0 Å². The van der Waals surface area contributed by atoms with Gasteiger partial charge < -0.3 is 15.0 Å². The van der Waals surface area contributed by atoms with Crippen LogP contribution in [0.5, 0.6) is 0 Å². The highest BCUT2D eigenvalue weighted by atomic mass is 16.5. The van der Waals surface area contributed by atoms with Gasteiger partial charge in [-0.25, -0.2) is 4.68 Å². The highest BCUT2D eigenvalue weighted by Crippen LogP contribution is 2.13. The number of piperidine rings is 1. The number of hydrogen-bond donors (Lipinski definition) is 1. The SMILES string of the molecule is COCCn1nc(C(=O)N2CCC(NC(=O)CCc3ccccc3)CC2)ccc1=O. The molecule has 1 N–H and O–H groups in total. The maximum absolute atomic E-state index is 12.8. The van der Waals surface area contributed by atoms with Crippen LogP contribution in [0, 0.1) is 0 Å². The Labute approximate surface area is 175 Å². The zero-order chi connectivity index (χ0) is 21.3. The van der Waals surface area contributed by atoms with Crippen LogP contribution < -0.4 is 10.9 Å². The van der Waals surface area contributed by atoms with E-state index < -0.39 is 0 Å². The highest BCUT2D eigenvalue weighted by Gasteiger charge is 2.25. The van der Waals surface area contributed by atoms with Gasteiger partial charge in [0.05, 0.1) is 13.2 Å². The fraction of sp³-hybridized carbons (Fsp3) is 0.455. The van der Waals surface area contributed by atoms with Crippen LogP contribution in [0.2, 0.25) is 0 Å². The summed E-state index contributed by atoms with van der Waals surface area (Å²) in [4.78, 5) is 38.6. The molecule has 8 heteroatoms. The molecular weight excluding hydrogens is 384 g/mol. The maximum Gasteiger partial charge on any atom is 0.274 e. The Kier molecular flexibility index (Phi) is 7.73. The molecule has 2 heterocycles. The van der Waals surface area contributed by atoms with Crippen molar-refractivity contribution in [3.05, 3.63) is 64.1 Å². The molecular formula is C22H28N4O4. The van der Waals surface area contributed by atoms with E-state index in [9.17, 15) is 14.4 Å². The average Bonchev–Trinajstić information content (AvgIpc) is 2.78. The molecule has 0 saturated carbocycles. The molecule has 1 fully saturated rings. The Morgan fingerprint density at radius 1 is 1.13 bits per heavy atom. The van der Waals surface area contributed by atoms with E-state index in [-0.39, 0.29) is 29.1 Å². The molecule has 1 saturated heterocycles. The monoisotopic (exact) mass is 412 g/mol. The van der Waals surface area contributed by atoms with Gasteiger partial charge in [0.15, 0.2) is 0 Å². The van der Waals surface area contributed by atoms with Crippen molar-refractivity contribution in [2.24, 2.45) is 0 Å². The van der Waals surface area contributed by atoms with Gasteiger partial charge in [0.1, 0.15) is 5.69 Å². The third-order valence-corrected chi connectivity index (χ3v) is 5.22. The molecule has 0 spiro atoms. The topological polar surface area (TPSA) is 93.5 Å². The van der Waals surface area contributed by atoms with E-state index >= 15 is 0 Å².